The van der Waals surface area contributed by atoms with Crippen molar-refractivity contribution in [1.29, 1.82) is 10.8 Å². The van der Waals surface area contributed by atoms with Gasteiger partial charge in [-0.1, -0.05) is 123 Å². The second-order valence-corrected chi connectivity index (χ2v) is 12.8. The Morgan fingerprint density at radius 1 is 0.525 bits per heavy atom. The maximum absolute atomic E-state index is 9.60. The average molecular weight is 527 g/mol. The summed E-state index contributed by atoms with van der Waals surface area (Å²) < 4.78 is 6.26. The van der Waals surface area contributed by atoms with Crippen LogP contribution in [0.15, 0.2) is 121 Å². The van der Waals surface area contributed by atoms with Crippen LogP contribution in [0.5, 0.6) is 0 Å². The molecule has 2 N–H and O–H groups in total. The van der Waals surface area contributed by atoms with Gasteiger partial charge in [0.15, 0.2) is 5.90 Å². The molecule has 2 atom stereocenters. The summed E-state index contributed by atoms with van der Waals surface area (Å²) in [6.45, 7) is 4.77. The first-order valence-electron chi connectivity index (χ1n) is 14.3. The molecule has 6 rings (SSSR count). The fourth-order valence-electron chi connectivity index (χ4n) is 8.42. The summed E-state index contributed by atoms with van der Waals surface area (Å²) in [6.07, 6.45) is 4.46. The zero-order valence-corrected chi connectivity index (χ0v) is 23.5. The summed E-state index contributed by atoms with van der Waals surface area (Å²) >= 11 is 0. The Morgan fingerprint density at radius 2 is 0.925 bits per heavy atom. The van der Waals surface area contributed by atoms with Crippen molar-refractivity contribution in [2.45, 2.75) is 62.2 Å². The molecular formula is C37H38N2O. The van der Waals surface area contributed by atoms with E-state index in [-0.39, 0.29) is 28.0 Å². The number of nitrogens with one attached hydrogen (secondary N) is 2. The molecule has 2 fully saturated rings. The highest BCUT2D eigenvalue weighted by Gasteiger charge is 2.63. The molecule has 0 aliphatic heterocycles. The Morgan fingerprint density at radius 3 is 1.38 bits per heavy atom. The van der Waals surface area contributed by atoms with Crippen molar-refractivity contribution in [3.8, 4) is 0 Å². The van der Waals surface area contributed by atoms with Gasteiger partial charge in [-0.2, -0.15) is 0 Å². The molecule has 2 saturated carbocycles. The predicted octanol–water partition coefficient (Wildman–Crippen LogP) is 8.82. The molecular weight excluding hydrogens is 488 g/mol. The molecule has 0 aromatic heterocycles. The predicted molar refractivity (Wildman–Crippen MR) is 163 cm³/mol. The largest absolute Gasteiger partial charge is 0.425 e. The number of rotatable bonds is 5. The third-order valence-electron chi connectivity index (χ3n) is 9.64. The maximum Gasteiger partial charge on any atom is 0.220 e. The minimum Gasteiger partial charge on any atom is -0.425 e. The standard InChI is InChI=1S/C37H38N2O/c1-34(29-17-9-4-10-18-29)23-36(31-21-13-6-14-22-31)24-35(2,30-19-11-5-12-20-30)26-37(25-34,27-36)33(39)40-32(38)28-15-7-3-8-16-28/h3-22,38-39H,23-27H2,1-2H3. The number of fused-ring (bicyclic) bond motifs is 2. The summed E-state index contributed by atoms with van der Waals surface area (Å²) in [7, 11) is 0. The first kappa shape index (κ1) is 26.3. The summed E-state index contributed by atoms with van der Waals surface area (Å²) in [6, 6.07) is 42.2. The van der Waals surface area contributed by atoms with E-state index in [0.29, 0.717) is 5.56 Å². The summed E-state index contributed by atoms with van der Waals surface area (Å²) in [4.78, 5) is 0. The van der Waals surface area contributed by atoms with E-state index in [0.717, 1.165) is 32.1 Å². The maximum atomic E-state index is 9.60. The number of benzene rings is 4. The van der Waals surface area contributed by atoms with Crippen LogP contribution in [0.25, 0.3) is 0 Å². The summed E-state index contributed by atoms with van der Waals surface area (Å²) in [5.41, 5.74) is 3.66. The third-order valence-corrected chi connectivity index (χ3v) is 9.64. The van der Waals surface area contributed by atoms with Gasteiger partial charge in [-0.25, -0.2) is 0 Å². The van der Waals surface area contributed by atoms with Crippen molar-refractivity contribution in [2.75, 3.05) is 0 Å². The Hall–Kier alpha value is -3.98. The smallest absolute Gasteiger partial charge is 0.220 e. The number of hydrogen-bond acceptors (Lipinski definition) is 3. The highest BCUT2D eigenvalue weighted by atomic mass is 16.5. The SMILES string of the molecule is CC1(c2ccccc2)CC2(C(=N)OC(=N)c3ccccc3)CC(C)(c3ccccc3)CC(c3ccccc3)(C2)C1. The van der Waals surface area contributed by atoms with E-state index in [1.807, 2.05) is 30.3 Å². The number of ether oxygens (including phenoxy) is 1. The lowest BCUT2D eigenvalue weighted by atomic mass is 9.41. The molecule has 0 heterocycles. The van der Waals surface area contributed by atoms with Gasteiger partial charge in [-0.05, 0) is 77.2 Å². The van der Waals surface area contributed by atoms with Gasteiger partial charge in [0.1, 0.15) is 0 Å². The van der Waals surface area contributed by atoms with Crippen molar-refractivity contribution in [1.82, 2.24) is 0 Å². The minimum absolute atomic E-state index is 0.0456. The summed E-state index contributed by atoms with van der Waals surface area (Å²) in [5, 5.41) is 18.4. The van der Waals surface area contributed by atoms with Gasteiger partial charge in [-0.15, -0.1) is 0 Å². The van der Waals surface area contributed by atoms with Crippen LogP contribution >= 0.6 is 0 Å². The Labute approximate surface area is 238 Å². The molecule has 0 saturated heterocycles. The van der Waals surface area contributed by atoms with Gasteiger partial charge in [0.05, 0.1) is 0 Å². The van der Waals surface area contributed by atoms with Crippen molar-refractivity contribution < 1.29 is 4.74 Å². The van der Waals surface area contributed by atoms with E-state index in [1.165, 1.54) is 16.7 Å². The minimum atomic E-state index is -0.539. The molecule has 40 heavy (non-hydrogen) atoms. The van der Waals surface area contributed by atoms with E-state index < -0.39 is 5.41 Å². The fourth-order valence-corrected chi connectivity index (χ4v) is 8.42. The molecule has 0 spiro atoms. The van der Waals surface area contributed by atoms with Gasteiger partial charge in [-0.3, -0.25) is 10.8 Å². The number of hydrogen-bond donors (Lipinski definition) is 2. The average Bonchev–Trinajstić information content (AvgIpc) is 2.98. The second-order valence-electron chi connectivity index (χ2n) is 12.8. The van der Waals surface area contributed by atoms with Crippen molar-refractivity contribution >= 4 is 11.8 Å². The molecule has 202 valence electrons. The quantitative estimate of drug-likeness (QED) is 0.198. The molecule has 3 nitrogen and oxygen atoms in total. The zero-order valence-electron chi connectivity index (χ0n) is 23.5. The lowest BCUT2D eigenvalue weighted by molar-refractivity contribution is 0.000336. The monoisotopic (exact) mass is 526 g/mol. The first-order valence-corrected chi connectivity index (χ1v) is 14.3. The fraction of sp³-hybridized carbons (Fsp3) is 0.297. The molecule has 4 aromatic carbocycles. The van der Waals surface area contributed by atoms with Gasteiger partial charge >= 0.3 is 0 Å². The summed E-state index contributed by atoms with van der Waals surface area (Å²) in [5.74, 6) is 0.273. The Balaban J connectivity index is 1.52. The van der Waals surface area contributed by atoms with Crippen LogP contribution < -0.4 is 0 Å². The Bertz CT molecular complexity index is 1440. The van der Waals surface area contributed by atoms with Gasteiger partial charge in [0.2, 0.25) is 5.90 Å². The first-order chi connectivity index (χ1) is 19.3. The van der Waals surface area contributed by atoms with E-state index in [1.54, 1.807) is 0 Å². The highest BCUT2D eigenvalue weighted by molar-refractivity contribution is 6.00. The van der Waals surface area contributed by atoms with Crippen LogP contribution in [0.4, 0.5) is 0 Å². The van der Waals surface area contributed by atoms with Gasteiger partial charge in [0, 0.05) is 11.0 Å². The normalized spacial score (nSPS) is 29.4. The van der Waals surface area contributed by atoms with E-state index in [2.05, 4.69) is 105 Å². The van der Waals surface area contributed by atoms with Gasteiger partial charge < -0.3 is 4.74 Å². The highest BCUT2D eigenvalue weighted by Crippen LogP contribution is 2.67. The lowest BCUT2D eigenvalue weighted by Crippen LogP contribution is -2.60. The van der Waals surface area contributed by atoms with Crippen LogP contribution in [-0.2, 0) is 21.0 Å². The topological polar surface area (TPSA) is 56.9 Å². The van der Waals surface area contributed by atoms with Crippen molar-refractivity contribution in [3.63, 3.8) is 0 Å². The van der Waals surface area contributed by atoms with Gasteiger partial charge in [0.25, 0.3) is 0 Å². The molecule has 0 radical (unpaired) electrons. The van der Waals surface area contributed by atoms with Crippen LogP contribution in [0.3, 0.4) is 0 Å². The van der Waals surface area contributed by atoms with E-state index >= 15 is 0 Å². The molecule has 3 heteroatoms. The van der Waals surface area contributed by atoms with E-state index in [9.17, 15) is 5.41 Å². The zero-order chi connectivity index (χ0) is 27.8. The van der Waals surface area contributed by atoms with Crippen molar-refractivity contribution in [3.05, 3.63) is 144 Å². The van der Waals surface area contributed by atoms with Crippen LogP contribution in [-0.4, -0.2) is 11.8 Å². The molecule has 0 amide bonds. The molecule has 4 aromatic rings. The second kappa shape index (κ2) is 9.89. The van der Waals surface area contributed by atoms with E-state index in [4.69, 9.17) is 10.1 Å². The molecule has 2 aliphatic carbocycles. The third kappa shape index (κ3) is 4.58. The Kier molecular flexibility index (Phi) is 6.49. The lowest BCUT2D eigenvalue weighted by Gasteiger charge is -2.63. The van der Waals surface area contributed by atoms with Crippen molar-refractivity contribution in [2.24, 2.45) is 5.41 Å². The molecule has 2 bridgehead atoms. The van der Waals surface area contributed by atoms with Crippen LogP contribution in [0, 0.1) is 16.2 Å². The molecule has 2 unspecified atom stereocenters. The van der Waals surface area contributed by atoms with Crippen LogP contribution in [0.2, 0.25) is 0 Å². The van der Waals surface area contributed by atoms with Crippen LogP contribution in [0.1, 0.15) is 68.2 Å². The molecule has 2 aliphatic rings.